The molecule has 2 aliphatic carbocycles. The van der Waals surface area contributed by atoms with Crippen LogP contribution in [0.15, 0.2) is 48.5 Å². The van der Waals surface area contributed by atoms with Gasteiger partial charge in [0, 0.05) is 10.6 Å². The van der Waals surface area contributed by atoms with Crippen molar-refractivity contribution in [3.63, 3.8) is 0 Å². The number of halogens is 1. The van der Waals surface area contributed by atoms with Crippen molar-refractivity contribution in [2.75, 3.05) is 5.32 Å². The highest BCUT2D eigenvalue weighted by Crippen LogP contribution is 2.34. The minimum atomic E-state index is -0.0679. The molecule has 33 heavy (non-hydrogen) atoms. The SMILES string of the molecule is O=C(Cc1ccc(Cl)cc1)Nc1nc2c(nc1CCC1CCCCC1)-c1ccccc1CC2. The molecule has 2 aromatic carbocycles. The Kier molecular flexibility index (Phi) is 6.73. The Labute approximate surface area is 200 Å². The van der Waals surface area contributed by atoms with Crippen LogP contribution < -0.4 is 5.32 Å². The van der Waals surface area contributed by atoms with Crippen LogP contribution in [0, 0.1) is 5.92 Å². The number of carbonyl (C=O) groups is 1. The van der Waals surface area contributed by atoms with Gasteiger partial charge < -0.3 is 5.32 Å². The maximum Gasteiger partial charge on any atom is 0.229 e. The molecule has 5 rings (SSSR count). The summed E-state index contributed by atoms with van der Waals surface area (Å²) in [4.78, 5) is 23.0. The molecular weight excluding hydrogens is 430 g/mol. The summed E-state index contributed by atoms with van der Waals surface area (Å²) in [5.74, 6) is 1.33. The molecule has 170 valence electrons. The van der Waals surface area contributed by atoms with E-state index >= 15 is 0 Å². The number of fused-ring (bicyclic) bond motifs is 3. The van der Waals surface area contributed by atoms with Gasteiger partial charge in [0.25, 0.3) is 0 Å². The van der Waals surface area contributed by atoms with Crippen LogP contribution in [0.2, 0.25) is 5.02 Å². The topological polar surface area (TPSA) is 54.9 Å². The first kappa shape index (κ1) is 22.1. The summed E-state index contributed by atoms with van der Waals surface area (Å²) in [7, 11) is 0. The summed E-state index contributed by atoms with van der Waals surface area (Å²) in [5, 5.41) is 3.76. The maximum atomic E-state index is 12.9. The van der Waals surface area contributed by atoms with Gasteiger partial charge >= 0.3 is 0 Å². The van der Waals surface area contributed by atoms with Gasteiger partial charge in [0.15, 0.2) is 5.82 Å². The van der Waals surface area contributed by atoms with E-state index in [0.717, 1.165) is 54.2 Å². The molecule has 0 unspecified atom stereocenters. The third-order valence-corrected chi connectivity index (χ3v) is 7.25. The molecule has 0 saturated heterocycles. The molecule has 1 saturated carbocycles. The normalized spacial score (nSPS) is 15.5. The van der Waals surface area contributed by atoms with Crippen molar-refractivity contribution in [2.24, 2.45) is 5.92 Å². The van der Waals surface area contributed by atoms with E-state index in [0.29, 0.717) is 17.3 Å². The zero-order chi connectivity index (χ0) is 22.6. The molecule has 0 bridgehead atoms. The largest absolute Gasteiger partial charge is 0.309 e. The van der Waals surface area contributed by atoms with Crippen LogP contribution in [-0.2, 0) is 30.5 Å². The highest BCUT2D eigenvalue weighted by molar-refractivity contribution is 6.30. The van der Waals surface area contributed by atoms with Gasteiger partial charge in [-0.15, -0.1) is 0 Å². The molecule has 1 amide bonds. The zero-order valence-electron chi connectivity index (χ0n) is 18.9. The molecule has 0 aliphatic heterocycles. The highest BCUT2D eigenvalue weighted by Gasteiger charge is 2.23. The van der Waals surface area contributed by atoms with Crippen LogP contribution in [0.1, 0.15) is 61.0 Å². The summed E-state index contributed by atoms with van der Waals surface area (Å²) in [5.41, 5.74) is 6.34. The summed E-state index contributed by atoms with van der Waals surface area (Å²) in [6, 6.07) is 15.9. The zero-order valence-corrected chi connectivity index (χ0v) is 19.7. The molecule has 5 heteroatoms. The van der Waals surface area contributed by atoms with E-state index in [9.17, 15) is 4.79 Å². The minimum absolute atomic E-state index is 0.0679. The van der Waals surface area contributed by atoms with Crippen LogP contribution in [0.25, 0.3) is 11.3 Å². The number of benzene rings is 2. The molecule has 2 aliphatic rings. The van der Waals surface area contributed by atoms with Gasteiger partial charge in [-0.3, -0.25) is 4.79 Å². The van der Waals surface area contributed by atoms with Gasteiger partial charge in [-0.05, 0) is 54.9 Å². The monoisotopic (exact) mass is 459 g/mol. The van der Waals surface area contributed by atoms with Gasteiger partial charge in [0.1, 0.15) is 0 Å². The molecule has 1 N–H and O–H groups in total. The number of hydrogen-bond acceptors (Lipinski definition) is 3. The lowest BCUT2D eigenvalue weighted by Crippen LogP contribution is -2.20. The fraction of sp³-hybridized carbons (Fsp3) is 0.393. The van der Waals surface area contributed by atoms with Crippen LogP contribution in [-0.4, -0.2) is 15.9 Å². The summed E-state index contributed by atoms with van der Waals surface area (Å²) >= 11 is 5.98. The molecule has 0 radical (unpaired) electrons. The molecule has 1 aromatic heterocycles. The standard InChI is InChI=1S/C28H30ClN3O/c29-22-14-10-20(11-15-22)18-26(33)32-28-25(16-12-19-6-2-1-3-7-19)30-27-23-9-5-4-8-21(23)13-17-24(27)31-28/h4-5,8-11,14-15,19H,1-3,6-7,12-13,16-18H2,(H,31,32,33). The number of aryl methyl sites for hydroxylation is 3. The summed E-state index contributed by atoms with van der Waals surface area (Å²) < 4.78 is 0. The number of hydrogen-bond donors (Lipinski definition) is 1. The Morgan fingerprint density at radius 3 is 2.58 bits per heavy atom. The molecule has 1 heterocycles. The van der Waals surface area contributed by atoms with Crippen LogP contribution in [0.5, 0.6) is 0 Å². The third-order valence-electron chi connectivity index (χ3n) is 6.99. The van der Waals surface area contributed by atoms with Crippen LogP contribution in [0.4, 0.5) is 5.82 Å². The van der Waals surface area contributed by atoms with Gasteiger partial charge in [-0.2, -0.15) is 0 Å². The predicted octanol–water partition coefficient (Wildman–Crippen LogP) is 6.59. The third kappa shape index (κ3) is 5.27. The number of carbonyl (C=O) groups excluding carboxylic acids is 1. The van der Waals surface area contributed by atoms with Crippen molar-refractivity contribution in [1.82, 2.24) is 9.97 Å². The first-order valence-electron chi connectivity index (χ1n) is 12.2. The molecule has 0 spiro atoms. The van der Waals surface area contributed by atoms with E-state index in [1.807, 2.05) is 24.3 Å². The number of nitrogens with zero attached hydrogens (tertiary/aromatic N) is 2. The fourth-order valence-electron chi connectivity index (χ4n) is 5.17. The van der Waals surface area contributed by atoms with E-state index in [4.69, 9.17) is 21.6 Å². The van der Waals surface area contributed by atoms with Gasteiger partial charge in [0.2, 0.25) is 5.91 Å². The van der Waals surface area contributed by atoms with Crippen molar-refractivity contribution in [2.45, 2.75) is 64.2 Å². The Morgan fingerprint density at radius 1 is 0.970 bits per heavy atom. The van der Waals surface area contributed by atoms with Crippen molar-refractivity contribution < 1.29 is 4.79 Å². The predicted molar refractivity (Wildman–Crippen MR) is 134 cm³/mol. The smallest absolute Gasteiger partial charge is 0.229 e. The number of nitrogens with one attached hydrogen (secondary N) is 1. The first-order valence-corrected chi connectivity index (χ1v) is 12.6. The van der Waals surface area contributed by atoms with Crippen molar-refractivity contribution in [3.8, 4) is 11.3 Å². The number of anilines is 1. The molecular formula is C28H30ClN3O. The lowest BCUT2D eigenvalue weighted by Gasteiger charge is -2.23. The van der Waals surface area contributed by atoms with Crippen molar-refractivity contribution in [1.29, 1.82) is 0 Å². The van der Waals surface area contributed by atoms with Crippen LogP contribution in [0.3, 0.4) is 0 Å². The molecule has 1 fully saturated rings. The van der Waals surface area contributed by atoms with E-state index in [2.05, 4.69) is 29.6 Å². The second-order valence-electron chi connectivity index (χ2n) is 9.37. The van der Waals surface area contributed by atoms with Crippen molar-refractivity contribution >= 4 is 23.3 Å². The number of aromatic nitrogens is 2. The second-order valence-corrected chi connectivity index (χ2v) is 9.80. The Hall–Kier alpha value is -2.72. The average Bonchev–Trinajstić information content (AvgIpc) is 2.84. The fourth-order valence-corrected chi connectivity index (χ4v) is 5.30. The minimum Gasteiger partial charge on any atom is -0.309 e. The maximum absolute atomic E-state index is 12.9. The summed E-state index contributed by atoms with van der Waals surface area (Å²) in [6.07, 6.45) is 10.7. The lowest BCUT2D eigenvalue weighted by molar-refractivity contribution is -0.115. The van der Waals surface area contributed by atoms with Crippen LogP contribution >= 0.6 is 11.6 Å². The molecule has 3 aromatic rings. The second kappa shape index (κ2) is 10.0. The van der Waals surface area contributed by atoms with Crippen molar-refractivity contribution in [3.05, 3.63) is 76.1 Å². The van der Waals surface area contributed by atoms with Gasteiger partial charge in [-0.25, -0.2) is 9.97 Å². The van der Waals surface area contributed by atoms with E-state index < -0.39 is 0 Å². The quantitative estimate of drug-likeness (QED) is 0.452. The van der Waals surface area contributed by atoms with E-state index in [1.54, 1.807) is 0 Å². The highest BCUT2D eigenvalue weighted by atomic mass is 35.5. The lowest BCUT2D eigenvalue weighted by atomic mass is 9.85. The Morgan fingerprint density at radius 2 is 1.76 bits per heavy atom. The number of amides is 1. The number of rotatable bonds is 6. The summed E-state index contributed by atoms with van der Waals surface area (Å²) in [6.45, 7) is 0. The molecule has 4 nitrogen and oxygen atoms in total. The van der Waals surface area contributed by atoms with E-state index in [-0.39, 0.29) is 5.91 Å². The molecule has 0 atom stereocenters. The average molecular weight is 460 g/mol. The first-order chi connectivity index (χ1) is 16.2. The van der Waals surface area contributed by atoms with Gasteiger partial charge in [-0.1, -0.05) is 80.1 Å². The van der Waals surface area contributed by atoms with E-state index in [1.165, 1.54) is 43.2 Å². The van der Waals surface area contributed by atoms with Gasteiger partial charge in [0.05, 0.1) is 23.5 Å². The Bertz CT molecular complexity index is 1140. The Balaban J connectivity index is 1.41.